The van der Waals surface area contributed by atoms with Gasteiger partial charge in [0.2, 0.25) is 0 Å². The molecule has 0 aromatic heterocycles. The zero-order chi connectivity index (χ0) is 15.6. The van der Waals surface area contributed by atoms with Gasteiger partial charge in [-0.3, -0.25) is 0 Å². The van der Waals surface area contributed by atoms with Crippen molar-refractivity contribution in [3.63, 3.8) is 0 Å². The number of nitrogens with zero attached hydrogens (tertiary/aromatic N) is 1. The number of hydrogen-bond donors (Lipinski definition) is 2. The van der Waals surface area contributed by atoms with Crippen molar-refractivity contribution in [1.82, 2.24) is 10.2 Å². The summed E-state index contributed by atoms with van der Waals surface area (Å²) >= 11 is 0. The van der Waals surface area contributed by atoms with Gasteiger partial charge in [-0.1, -0.05) is 0 Å². The second-order valence-corrected chi connectivity index (χ2v) is 6.69. The fourth-order valence-corrected chi connectivity index (χ4v) is 3.99. The molecule has 1 fully saturated rings. The quantitative estimate of drug-likeness (QED) is 0.884. The number of hydrogen-bond acceptors (Lipinski definition) is 5. The molecule has 23 heavy (non-hydrogen) atoms. The van der Waals surface area contributed by atoms with Gasteiger partial charge in [0.15, 0.2) is 11.5 Å². The first-order chi connectivity index (χ1) is 11.3. The molecule has 0 atom stereocenters. The smallest absolute Gasteiger partial charge is 0.164 e. The SMILES string of the molecule is Oc1c2c(c(CCN3CCNCC3)c3c1OCCC3)OCCC2. The second-order valence-electron chi connectivity index (χ2n) is 6.69. The van der Waals surface area contributed by atoms with E-state index in [9.17, 15) is 5.11 Å². The molecule has 2 N–H and O–H groups in total. The predicted octanol–water partition coefficient (Wildman–Crippen LogP) is 1.49. The van der Waals surface area contributed by atoms with Crippen LogP contribution in [-0.2, 0) is 19.3 Å². The lowest BCUT2D eigenvalue weighted by Crippen LogP contribution is -2.44. The third-order valence-electron chi connectivity index (χ3n) is 5.21. The molecule has 4 rings (SSSR count). The van der Waals surface area contributed by atoms with Crippen molar-refractivity contribution in [2.24, 2.45) is 0 Å². The molecular weight excluding hydrogens is 292 g/mol. The molecule has 0 radical (unpaired) electrons. The summed E-state index contributed by atoms with van der Waals surface area (Å²) in [5, 5.41) is 14.0. The third-order valence-corrected chi connectivity index (χ3v) is 5.21. The minimum absolute atomic E-state index is 0.334. The van der Waals surface area contributed by atoms with Gasteiger partial charge in [0.1, 0.15) is 5.75 Å². The molecule has 0 saturated carbocycles. The Labute approximate surface area is 137 Å². The standard InChI is InChI=1S/C18H26N2O3/c21-16-15-4-2-11-22-17(15)14(13-3-1-12-23-18(13)16)5-8-20-9-6-19-7-10-20/h19,21H,1-12H2. The first kappa shape index (κ1) is 15.1. The lowest BCUT2D eigenvalue weighted by atomic mass is 9.90. The lowest BCUT2D eigenvalue weighted by Gasteiger charge is -2.31. The van der Waals surface area contributed by atoms with Gasteiger partial charge in [0.05, 0.1) is 13.2 Å². The van der Waals surface area contributed by atoms with Gasteiger partial charge >= 0.3 is 0 Å². The van der Waals surface area contributed by atoms with Crippen LogP contribution in [0.2, 0.25) is 0 Å². The lowest BCUT2D eigenvalue weighted by molar-refractivity contribution is 0.235. The van der Waals surface area contributed by atoms with Gasteiger partial charge in [-0.15, -0.1) is 0 Å². The van der Waals surface area contributed by atoms with E-state index in [1.54, 1.807) is 0 Å². The van der Waals surface area contributed by atoms with Crippen molar-refractivity contribution < 1.29 is 14.6 Å². The van der Waals surface area contributed by atoms with Crippen molar-refractivity contribution in [3.8, 4) is 17.2 Å². The fraction of sp³-hybridized carbons (Fsp3) is 0.667. The van der Waals surface area contributed by atoms with Crippen LogP contribution in [0.4, 0.5) is 0 Å². The van der Waals surface area contributed by atoms with E-state index < -0.39 is 0 Å². The summed E-state index contributed by atoms with van der Waals surface area (Å²) in [5.74, 6) is 2.02. The van der Waals surface area contributed by atoms with Gasteiger partial charge in [-0.05, 0) is 32.1 Å². The van der Waals surface area contributed by atoms with Crippen LogP contribution in [0.25, 0.3) is 0 Å². The van der Waals surface area contributed by atoms with Gasteiger partial charge in [0.25, 0.3) is 0 Å². The number of piperazine rings is 1. The van der Waals surface area contributed by atoms with Gasteiger partial charge < -0.3 is 24.8 Å². The highest BCUT2D eigenvalue weighted by molar-refractivity contribution is 5.63. The molecule has 0 aliphatic carbocycles. The number of phenols is 1. The summed E-state index contributed by atoms with van der Waals surface area (Å²) in [4.78, 5) is 2.51. The molecule has 1 saturated heterocycles. The molecular formula is C18H26N2O3. The topological polar surface area (TPSA) is 54.0 Å². The Kier molecular flexibility index (Phi) is 4.31. The largest absolute Gasteiger partial charge is 0.504 e. The van der Waals surface area contributed by atoms with Crippen LogP contribution < -0.4 is 14.8 Å². The Morgan fingerprint density at radius 1 is 0.957 bits per heavy atom. The highest BCUT2D eigenvalue weighted by atomic mass is 16.5. The summed E-state index contributed by atoms with van der Waals surface area (Å²) in [5.41, 5.74) is 3.43. The van der Waals surface area contributed by atoms with Gasteiger partial charge in [-0.25, -0.2) is 0 Å². The van der Waals surface area contributed by atoms with E-state index in [1.807, 2.05) is 0 Å². The summed E-state index contributed by atoms with van der Waals surface area (Å²) in [7, 11) is 0. The molecule has 0 bridgehead atoms. The van der Waals surface area contributed by atoms with Gasteiger partial charge in [0, 0.05) is 49.4 Å². The van der Waals surface area contributed by atoms with Crippen molar-refractivity contribution in [2.75, 3.05) is 45.9 Å². The number of phenolic OH excluding ortho intramolecular Hbond substituents is 1. The second kappa shape index (κ2) is 6.57. The Bertz CT molecular complexity index is 545. The first-order valence-electron chi connectivity index (χ1n) is 8.93. The van der Waals surface area contributed by atoms with Crippen LogP contribution in [0.3, 0.4) is 0 Å². The molecule has 5 heteroatoms. The van der Waals surface area contributed by atoms with Crippen LogP contribution in [0.1, 0.15) is 29.5 Å². The summed E-state index contributed by atoms with van der Waals surface area (Å²) in [6, 6.07) is 0. The zero-order valence-corrected chi connectivity index (χ0v) is 13.7. The van der Waals surface area contributed by atoms with E-state index in [2.05, 4.69) is 10.2 Å². The zero-order valence-electron chi connectivity index (χ0n) is 13.7. The average Bonchev–Trinajstić information content (AvgIpc) is 2.63. The maximum absolute atomic E-state index is 10.6. The Balaban J connectivity index is 1.66. The van der Waals surface area contributed by atoms with E-state index in [0.717, 1.165) is 88.5 Å². The number of ether oxygens (including phenoxy) is 2. The molecule has 0 spiro atoms. The summed E-state index contributed by atoms with van der Waals surface area (Å²) < 4.78 is 11.8. The number of fused-ring (bicyclic) bond motifs is 2. The molecule has 5 nitrogen and oxygen atoms in total. The molecule has 3 aliphatic rings. The Hall–Kier alpha value is -1.46. The maximum Gasteiger partial charge on any atom is 0.164 e. The molecule has 0 amide bonds. The van der Waals surface area contributed by atoms with Crippen LogP contribution >= 0.6 is 0 Å². The minimum atomic E-state index is 0.334. The third kappa shape index (κ3) is 2.88. The fourth-order valence-electron chi connectivity index (χ4n) is 3.99. The van der Waals surface area contributed by atoms with E-state index in [0.29, 0.717) is 12.4 Å². The van der Waals surface area contributed by atoms with Crippen molar-refractivity contribution in [3.05, 3.63) is 16.7 Å². The van der Waals surface area contributed by atoms with E-state index in [1.165, 1.54) is 11.1 Å². The first-order valence-corrected chi connectivity index (χ1v) is 8.93. The molecule has 3 heterocycles. The molecule has 0 unspecified atom stereocenters. The monoisotopic (exact) mass is 318 g/mol. The normalized spacial score (nSPS) is 21.0. The van der Waals surface area contributed by atoms with Gasteiger partial charge in [-0.2, -0.15) is 0 Å². The molecule has 1 aromatic carbocycles. The highest BCUT2D eigenvalue weighted by Crippen LogP contribution is 2.47. The maximum atomic E-state index is 10.6. The van der Waals surface area contributed by atoms with Crippen LogP contribution in [-0.4, -0.2) is 55.9 Å². The number of aromatic hydroxyl groups is 1. The van der Waals surface area contributed by atoms with Crippen molar-refractivity contribution in [1.29, 1.82) is 0 Å². The number of rotatable bonds is 3. The van der Waals surface area contributed by atoms with E-state index in [-0.39, 0.29) is 0 Å². The van der Waals surface area contributed by atoms with Crippen molar-refractivity contribution >= 4 is 0 Å². The predicted molar refractivity (Wildman–Crippen MR) is 88.8 cm³/mol. The Morgan fingerprint density at radius 2 is 1.65 bits per heavy atom. The average molecular weight is 318 g/mol. The van der Waals surface area contributed by atoms with Crippen LogP contribution in [0.5, 0.6) is 17.2 Å². The number of nitrogens with one attached hydrogen (secondary N) is 1. The molecule has 126 valence electrons. The molecule has 3 aliphatic heterocycles. The number of benzene rings is 1. The van der Waals surface area contributed by atoms with E-state index in [4.69, 9.17) is 9.47 Å². The van der Waals surface area contributed by atoms with E-state index >= 15 is 0 Å². The molecule has 1 aromatic rings. The summed E-state index contributed by atoms with van der Waals surface area (Å²) in [6.45, 7) is 6.88. The summed E-state index contributed by atoms with van der Waals surface area (Å²) in [6.07, 6.45) is 4.84. The van der Waals surface area contributed by atoms with Crippen LogP contribution in [0, 0.1) is 0 Å². The van der Waals surface area contributed by atoms with Crippen LogP contribution in [0.15, 0.2) is 0 Å². The highest BCUT2D eigenvalue weighted by Gasteiger charge is 2.29. The van der Waals surface area contributed by atoms with Crippen molar-refractivity contribution in [2.45, 2.75) is 32.1 Å². The Morgan fingerprint density at radius 3 is 2.43 bits per heavy atom. The minimum Gasteiger partial charge on any atom is -0.504 e.